The molecule has 14 heteroatoms. The van der Waals surface area contributed by atoms with E-state index >= 15 is 0 Å². The molecule has 1 aromatic carbocycles. The van der Waals surface area contributed by atoms with Crippen molar-refractivity contribution >= 4 is 26.9 Å². The van der Waals surface area contributed by atoms with Gasteiger partial charge in [-0.3, -0.25) is 0 Å². The second kappa shape index (κ2) is 9.43. The summed E-state index contributed by atoms with van der Waals surface area (Å²) in [5.41, 5.74) is 2.07. The maximum atomic E-state index is 13.2. The number of H-pyrrole nitrogens is 1. The Hall–Kier alpha value is -4.07. The number of aromatic amines is 1. The molecule has 0 radical (unpaired) electrons. The maximum Gasteiger partial charge on any atom is 0.272 e. The SMILES string of the molecule is COc1nc(NS(=O)(=O)c2c[nH]c3ccc(-c4ccnnc4)cc23)nc(OC)c1OCC(F)F. The third kappa shape index (κ3) is 4.66. The molecule has 0 saturated carbocycles. The minimum Gasteiger partial charge on any atom is -0.478 e. The summed E-state index contributed by atoms with van der Waals surface area (Å²) in [5, 5.41) is 7.99. The van der Waals surface area contributed by atoms with Gasteiger partial charge in [0, 0.05) is 22.7 Å². The first-order valence-electron chi connectivity index (χ1n) is 9.64. The number of fused-ring (bicyclic) bond motifs is 1. The van der Waals surface area contributed by atoms with E-state index in [4.69, 9.17) is 14.2 Å². The molecule has 4 rings (SSSR count). The van der Waals surface area contributed by atoms with Crippen molar-refractivity contribution in [2.75, 3.05) is 25.5 Å². The van der Waals surface area contributed by atoms with Crippen molar-refractivity contribution in [3.05, 3.63) is 42.9 Å². The number of ether oxygens (including phenoxy) is 3. The number of benzene rings is 1. The van der Waals surface area contributed by atoms with Crippen molar-refractivity contribution in [3.8, 4) is 28.6 Å². The largest absolute Gasteiger partial charge is 0.478 e. The van der Waals surface area contributed by atoms with Crippen LogP contribution in [0.5, 0.6) is 17.5 Å². The van der Waals surface area contributed by atoms with Crippen molar-refractivity contribution < 1.29 is 31.4 Å². The van der Waals surface area contributed by atoms with Gasteiger partial charge in [0.2, 0.25) is 11.7 Å². The highest BCUT2D eigenvalue weighted by atomic mass is 32.2. The van der Waals surface area contributed by atoms with E-state index in [0.717, 1.165) is 11.1 Å². The topological polar surface area (TPSA) is 141 Å². The number of hydrogen-bond donors (Lipinski definition) is 2. The van der Waals surface area contributed by atoms with Crippen LogP contribution in [0.15, 0.2) is 47.8 Å². The molecule has 0 amide bonds. The van der Waals surface area contributed by atoms with Crippen LogP contribution in [0, 0.1) is 0 Å². The van der Waals surface area contributed by atoms with Crippen LogP contribution in [0.2, 0.25) is 0 Å². The number of nitrogens with one attached hydrogen (secondary N) is 2. The highest BCUT2D eigenvalue weighted by Gasteiger charge is 2.25. The quantitative estimate of drug-likeness (QED) is 0.361. The van der Waals surface area contributed by atoms with Gasteiger partial charge in [0.1, 0.15) is 11.5 Å². The van der Waals surface area contributed by atoms with Gasteiger partial charge in [0.15, 0.2) is 0 Å². The number of methoxy groups -OCH3 is 2. The highest BCUT2D eigenvalue weighted by molar-refractivity contribution is 7.93. The van der Waals surface area contributed by atoms with Crippen molar-refractivity contribution in [2.45, 2.75) is 11.3 Å². The average Bonchev–Trinajstić information content (AvgIpc) is 3.27. The van der Waals surface area contributed by atoms with Crippen LogP contribution in [0.4, 0.5) is 14.7 Å². The molecule has 0 aliphatic heterocycles. The Balaban J connectivity index is 1.70. The van der Waals surface area contributed by atoms with Gasteiger partial charge in [-0.1, -0.05) is 6.07 Å². The number of sulfonamides is 1. The molecule has 0 atom stereocenters. The summed E-state index contributed by atoms with van der Waals surface area (Å²) in [6.07, 6.45) is 1.66. The van der Waals surface area contributed by atoms with E-state index in [0.29, 0.717) is 10.9 Å². The lowest BCUT2D eigenvalue weighted by Gasteiger charge is -2.14. The number of hydrogen-bond acceptors (Lipinski definition) is 9. The van der Waals surface area contributed by atoms with E-state index < -0.39 is 29.0 Å². The Bertz CT molecular complexity index is 1390. The third-order valence-electron chi connectivity index (χ3n) is 4.62. The standard InChI is InChI=1S/C20H18F2N6O5S/c1-31-18-17(33-10-16(21)22)19(32-2)27-20(26-18)28-34(29,30)15-9-23-14-4-3-11(7-13(14)15)12-5-6-24-25-8-12/h3-9,16,23H,10H2,1-2H3,(H,26,27,28). The van der Waals surface area contributed by atoms with Gasteiger partial charge in [-0.15, -0.1) is 0 Å². The van der Waals surface area contributed by atoms with Gasteiger partial charge in [-0.05, 0) is 23.8 Å². The first kappa shape index (κ1) is 23.1. The Morgan fingerprint density at radius 2 is 1.79 bits per heavy atom. The van der Waals surface area contributed by atoms with Crippen molar-refractivity contribution in [3.63, 3.8) is 0 Å². The Morgan fingerprint density at radius 1 is 1.06 bits per heavy atom. The number of aromatic nitrogens is 5. The van der Waals surface area contributed by atoms with Crippen LogP contribution in [-0.4, -0.2) is 60.8 Å². The minimum absolute atomic E-state index is 0.0640. The van der Waals surface area contributed by atoms with Gasteiger partial charge in [0.05, 0.1) is 26.6 Å². The van der Waals surface area contributed by atoms with Crippen LogP contribution in [0.1, 0.15) is 0 Å². The minimum atomic E-state index is -4.19. The zero-order chi connectivity index (χ0) is 24.3. The Kier molecular flexibility index (Phi) is 6.40. The molecule has 0 saturated heterocycles. The van der Waals surface area contributed by atoms with Gasteiger partial charge >= 0.3 is 0 Å². The summed E-state index contributed by atoms with van der Waals surface area (Å²) in [7, 11) is -1.76. The zero-order valence-electron chi connectivity index (χ0n) is 17.8. The van der Waals surface area contributed by atoms with Gasteiger partial charge in [-0.25, -0.2) is 21.9 Å². The fourth-order valence-electron chi connectivity index (χ4n) is 3.14. The monoisotopic (exact) mass is 492 g/mol. The molecule has 0 bridgehead atoms. The summed E-state index contributed by atoms with van der Waals surface area (Å²) in [5.74, 6) is -1.24. The van der Waals surface area contributed by atoms with Gasteiger partial charge in [0.25, 0.3) is 28.2 Å². The second-order valence-electron chi connectivity index (χ2n) is 6.75. The molecule has 0 spiro atoms. The van der Waals surface area contributed by atoms with E-state index in [-0.39, 0.29) is 22.4 Å². The molecular weight excluding hydrogens is 474 g/mol. The lowest BCUT2D eigenvalue weighted by Crippen LogP contribution is -2.16. The first-order valence-corrected chi connectivity index (χ1v) is 11.1. The molecule has 0 unspecified atom stereocenters. The van der Waals surface area contributed by atoms with Crippen molar-refractivity contribution in [1.29, 1.82) is 0 Å². The summed E-state index contributed by atoms with van der Waals surface area (Å²) in [6.45, 7) is -0.953. The normalized spacial score (nSPS) is 11.6. The van der Waals surface area contributed by atoms with Crippen LogP contribution >= 0.6 is 0 Å². The molecular formula is C20H18F2N6O5S. The summed E-state index contributed by atoms with van der Waals surface area (Å²) < 4.78 is 68.8. The van der Waals surface area contributed by atoms with Crippen LogP contribution < -0.4 is 18.9 Å². The predicted octanol–water partition coefficient (Wildman–Crippen LogP) is 2.88. The molecule has 0 aliphatic rings. The summed E-state index contributed by atoms with van der Waals surface area (Å²) >= 11 is 0. The molecule has 34 heavy (non-hydrogen) atoms. The number of halogens is 2. The molecule has 0 aliphatic carbocycles. The molecule has 2 N–H and O–H groups in total. The Labute approximate surface area is 192 Å². The van der Waals surface area contributed by atoms with E-state index in [2.05, 4.69) is 29.9 Å². The van der Waals surface area contributed by atoms with Crippen molar-refractivity contribution in [1.82, 2.24) is 25.1 Å². The number of nitrogens with zero attached hydrogens (tertiary/aromatic N) is 4. The van der Waals surface area contributed by atoms with E-state index in [1.54, 1.807) is 24.4 Å². The summed E-state index contributed by atoms with van der Waals surface area (Å²) in [4.78, 5) is 10.7. The zero-order valence-corrected chi connectivity index (χ0v) is 18.6. The second-order valence-corrected chi connectivity index (χ2v) is 8.40. The van der Waals surface area contributed by atoms with E-state index in [1.165, 1.54) is 26.6 Å². The molecule has 178 valence electrons. The fourth-order valence-corrected chi connectivity index (χ4v) is 4.25. The molecule has 11 nitrogen and oxygen atoms in total. The fraction of sp³-hybridized carbons (Fsp3) is 0.200. The van der Waals surface area contributed by atoms with Gasteiger partial charge in [-0.2, -0.15) is 20.2 Å². The van der Waals surface area contributed by atoms with E-state index in [9.17, 15) is 17.2 Å². The third-order valence-corrected chi connectivity index (χ3v) is 5.99. The number of alkyl halides is 2. The highest BCUT2D eigenvalue weighted by Crippen LogP contribution is 2.36. The molecule has 3 aromatic heterocycles. The lowest BCUT2D eigenvalue weighted by molar-refractivity contribution is 0.0781. The van der Waals surface area contributed by atoms with Crippen LogP contribution in [-0.2, 0) is 10.0 Å². The van der Waals surface area contributed by atoms with Crippen LogP contribution in [0.25, 0.3) is 22.0 Å². The van der Waals surface area contributed by atoms with E-state index in [1.807, 2.05) is 6.07 Å². The summed E-state index contributed by atoms with van der Waals surface area (Å²) in [6, 6.07) is 7.00. The molecule has 4 aromatic rings. The average molecular weight is 492 g/mol. The molecule has 0 fully saturated rings. The first-order chi connectivity index (χ1) is 16.3. The number of rotatable bonds is 9. The van der Waals surface area contributed by atoms with Gasteiger partial charge < -0.3 is 19.2 Å². The maximum absolute atomic E-state index is 13.2. The Morgan fingerprint density at radius 3 is 2.41 bits per heavy atom. The molecule has 3 heterocycles. The predicted molar refractivity (Wildman–Crippen MR) is 117 cm³/mol. The van der Waals surface area contributed by atoms with Crippen LogP contribution in [0.3, 0.4) is 0 Å². The lowest BCUT2D eigenvalue weighted by atomic mass is 10.1. The smallest absolute Gasteiger partial charge is 0.272 e. The number of anilines is 1. The van der Waals surface area contributed by atoms with Crippen molar-refractivity contribution in [2.24, 2.45) is 0 Å².